The van der Waals surface area contributed by atoms with E-state index in [0.717, 1.165) is 33.7 Å². The lowest BCUT2D eigenvalue weighted by molar-refractivity contribution is -0.132. The van der Waals surface area contributed by atoms with Crippen LogP contribution in [0.25, 0.3) is 0 Å². The van der Waals surface area contributed by atoms with Crippen LogP contribution in [0.2, 0.25) is 0 Å². The number of nitrogens with zero attached hydrogens (tertiary/aromatic N) is 4. The van der Waals surface area contributed by atoms with Gasteiger partial charge in [-0.05, 0) is 59.5 Å². The van der Waals surface area contributed by atoms with Crippen LogP contribution in [0, 0.1) is 18.3 Å². The standard InChI is InChI=1S/C25H20N4O/c1-16-7-19(5-6-27-16)25-23-10-22-15-29(14-18-4-2-3-17(8-18)12-26)24(30)11-20(22)9-21(23)13-28-25/h2-10H,11,13-15H2,1H3. The molecule has 0 fully saturated rings. The first-order chi connectivity index (χ1) is 14.6. The van der Waals surface area contributed by atoms with Gasteiger partial charge in [-0.2, -0.15) is 5.26 Å². The van der Waals surface area contributed by atoms with Crippen LogP contribution in [0.15, 0.2) is 59.7 Å². The van der Waals surface area contributed by atoms with Crippen molar-refractivity contribution in [2.45, 2.75) is 33.0 Å². The maximum Gasteiger partial charge on any atom is 0.227 e. The summed E-state index contributed by atoms with van der Waals surface area (Å²) >= 11 is 0. The number of hydrogen-bond donors (Lipinski definition) is 0. The number of rotatable bonds is 3. The van der Waals surface area contributed by atoms with E-state index in [0.29, 0.717) is 31.6 Å². The van der Waals surface area contributed by atoms with Crippen LogP contribution < -0.4 is 0 Å². The summed E-state index contributed by atoms with van der Waals surface area (Å²) < 4.78 is 0. The number of benzene rings is 2. The van der Waals surface area contributed by atoms with Gasteiger partial charge in [0.2, 0.25) is 5.91 Å². The van der Waals surface area contributed by atoms with Gasteiger partial charge in [0.1, 0.15) is 0 Å². The van der Waals surface area contributed by atoms with Gasteiger partial charge in [-0.1, -0.05) is 18.2 Å². The fourth-order valence-electron chi connectivity index (χ4n) is 4.26. The van der Waals surface area contributed by atoms with Crippen LogP contribution >= 0.6 is 0 Å². The predicted molar refractivity (Wildman–Crippen MR) is 114 cm³/mol. The van der Waals surface area contributed by atoms with Crippen LogP contribution in [0.1, 0.15) is 44.6 Å². The third-order valence-corrected chi connectivity index (χ3v) is 5.74. The molecule has 5 rings (SSSR count). The zero-order valence-corrected chi connectivity index (χ0v) is 16.7. The number of fused-ring (bicyclic) bond motifs is 2. The second-order valence-corrected chi connectivity index (χ2v) is 7.87. The summed E-state index contributed by atoms with van der Waals surface area (Å²) in [6.07, 6.45) is 2.23. The van der Waals surface area contributed by atoms with Crippen molar-refractivity contribution in [3.8, 4) is 6.07 Å². The number of carbonyl (C=O) groups is 1. The average Bonchev–Trinajstić information content (AvgIpc) is 3.15. The van der Waals surface area contributed by atoms with Gasteiger partial charge in [-0.15, -0.1) is 0 Å². The number of aryl methyl sites for hydroxylation is 1. The molecule has 0 aliphatic carbocycles. The minimum absolute atomic E-state index is 0.119. The van der Waals surface area contributed by atoms with E-state index in [4.69, 9.17) is 10.3 Å². The van der Waals surface area contributed by atoms with Gasteiger partial charge in [-0.25, -0.2) is 0 Å². The van der Waals surface area contributed by atoms with Crippen molar-refractivity contribution >= 4 is 11.6 Å². The Kier molecular flexibility index (Phi) is 4.40. The Morgan fingerprint density at radius 3 is 2.83 bits per heavy atom. The number of amides is 1. The van der Waals surface area contributed by atoms with Crippen molar-refractivity contribution in [2.75, 3.05) is 0 Å². The van der Waals surface area contributed by atoms with Gasteiger partial charge in [0, 0.05) is 36.1 Å². The normalized spacial score (nSPS) is 14.7. The molecule has 146 valence electrons. The second-order valence-electron chi connectivity index (χ2n) is 7.87. The number of hydrogen-bond acceptors (Lipinski definition) is 4. The van der Waals surface area contributed by atoms with Gasteiger partial charge in [0.05, 0.1) is 30.3 Å². The highest BCUT2D eigenvalue weighted by Crippen LogP contribution is 2.30. The Hall–Kier alpha value is -3.78. The van der Waals surface area contributed by atoms with E-state index in [9.17, 15) is 4.79 Å². The molecule has 2 aromatic carbocycles. The topological polar surface area (TPSA) is 69.3 Å². The molecule has 0 N–H and O–H groups in total. The van der Waals surface area contributed by atoms with E-state index >= 15 is 0 Å². The van der Waals surface area contributed by atoms with Crippen LogP contribution in [-0.4, -0.2) is 21.5 Å². The lowest BCUT2D eigenvalue weighted by Gasteiger charge is -2.29. The molecule has 5 nitrogen and oxygen atoms in total. The lowest BCUT2D eigenvalue weighted by atomic mass is 9.91. The maximum atomic E-state index is 12.8. The van der Waals surface area contributed by atoms with Crippen LogP contribution in [0.4, 0.5) is 0 Å². The van der Waals surface area contributed by atoms with Crippen molar-refractivity contribution < 1.29 is 4.79 Å². The Balaban J connectivity index is 1.45. The van der Waals surface area contributed by atoms with E-state index in [1.165, 1.54) is 11.1 Å². The Labute approximate surface area is 175 Å². The highest BCUT2D eigenvalue weighted by Gasteiger charge is 2.27. The van der Waals surface area contributed by atoms with Gasteiger partial charge in [0.15, 0.2) is 0 Å². The summed E-state index contributed by atoms with van der Waals surface area (Å²) in [6.45, 7) is 3.71. The minimum atomic E-state index is 0.119. The summed E-state index contributed by atoms with van der Waals surface area (Å²) in [6, 6.07) is 18.0. The highest BCUT2D eigenvalue weighted by atomic mass is 16.2. The zero-order chi connectivity index (χ0) is 20.7. The van der Waals surface area contributed by atoms with Crippen LogP contribution in [0.5, 0.6) is 0 Å². The van der Waals surface area contributed by atoms with Gasteiger partial charge >= 0.3 is 0 Å². The van der Waals surface area contributed by atoms with Gasteiger partial charge in [-0.3, -0.25) is 14.8 Å². The second kappa shape index (κ2) is 7.23. The molecule has 0 saturated carbocycles. The molecule has 1 aromatic heterocycles. The Bertz CT molecular complexity index is 1250. The summed E-state index contributed by atoms with van der Waals surface area (Å²) in [5, 5.41) is 9.13. The number of pyridine rings is 1. The van der Waals surface area contributed by atoms with E-state index in [1.807, 2.05) is 42.3 Å². The molecular formula is C25H20N4O. The molecule has 3 aromatic rings. The molecule has 3 heterocycles. The third-order valence-electron chi connectivity index (χ3n) is 5.74. The van der Waals surface area contributed by atoms with Crippen molar-refractivity contribution in [2.24, 2.45) is 4.99 Å². The first-order valence-corrected chi connectivity index (χ1v) is 10.00. The molecule has 0 saturated heterocycles. The molecule has 5 heteroatoms. The summed E-state index contributed by atoms with van der Waals surface area (Å²) in [4.78, 5) is 23.7. The molecule has 2 aliphatic rings. The van der Waals surface area contributed by atoms with E-state index < -0.39 is 0 Å². The van der Waals surface area contributed by atoms with E-state index in [2.05, 4.69) is 29.3 Å². The monoisotopic (exact) mass is 392 g/mol. The maximum absolute atomic E-state index is 12.8. The SMILES string of the molecule is Cc1cc(C2=NCc3cc4c(cc32)CN(Cc2cccc(C#N)c2)C(=O)C4)ccn1. The predicted octanol–water partition coefficient (Wildman–Crippen LogP) is 3.70. The fraction of sp³-hybridized carbons (Fsp3) is 0.200. The van der Waals surface area contributed by atoms with Gasteiger partial charge < -0.3 is 4.90 Å². The van der Waals surface area contributed by atoms with Crippen LogP contribution in [-0.2, 0) is 30.8 Å². The lowest BCUT2D eigenvalue weighted by Crippen LogP contribution is -2.35. The number of nitriles is 1. The molecular weight excluding hydrogens is 372 g/mol. The first-order valence-electron chi connectivity index (χ1n) is 10.00. The smallest absolute Gasteiger partial charge is 0.227 e. The molecule has 2 aliphatic heterocycles. The molecule has 1 amide bonds. The fourth-order valence-corrected chi connectivity index (χ4v) is 4.26. The molecule has 0 spiro atoms. The van der Waals surface area contributed by atoms with Crippen molar-refractivity contribution in [1.82, 2.24) is 9.88 Å². The van der Waals surface area contributed by atoms with Crippen LogP contribution in [0.3, 0.4) is 0 Å². The van der Waals surface area contributed by atoms with E-state index in [-0.39, 0.29) is 5.91 Å². The number of aliphatic imine (C=N–C) groups is 1. The molecule has 0 bridgehead atoms. The average molecular weight is 392 g/mol. The van der Waals surface area contributed by atoms with Crippen molar-refractivity contribution in [3.63, 3.8) is 0 Å². The highest BCUT2D eigenvalue weighted by molar-refractivity contribution is 6.15. The molecule has 30 heavy (non-hydrogen) atoms. The summed E-state index contributed by atoms with van der Waals surface area (Å²) in [7, 11) is 0. The third kappa shape index (κ3) is 3.27. The minimum Gasteiger partial charge on any atom is -0.334 e. The molecule has 0 unspecified atom stereocenters. The summed E-state index contributed by atoms with van der Waals surface area (Å²) in [5.41, 5.74) is 9.25. The largest absolute Gasteiger partial charge is 0.334 e. The molecule has 0 atom stereocenters. The van der Waals surface area contributed by atoms with Crippen molar-refractivity contribution in [3.05, 3.63) is 99.4 Å². The Morgan fingerprint density at radius 1 is 1.10 bits per heavy atom. The first kappa shape index (κ1) is 18.3. The molecule has 0 radical (unpaired) electrons. The quantitative estimate of drug-likeness (QED) is 0.682. The number of carbonyl (C=O) groups excluding carboxylic acids is 1. The number of aromatic nitrogens is 1. The summed E-state index contributed by atoms with van der Waals surface area (Å²) in [5.74, 6) is 0.119. The van der Waals surface area contributed by atoms with Gasteiger partial charge in [0.25, 0.3) is 0 Å². The van der Waals surface area contributed by atoms with E-state index in [1.54, 1.807) is 6.07 Å². The van der Waals surface area contributed by atoms with Crippen molar-refractivity contribution in [1.29, 1.82) is 5.26 Å². The Morgan fingerprint density at radius 2 is 2.00 bits per heavy atom. The zero-order valence-electron chi connectivity index (χ0n) is 16.7.